The third kappa shape index (κ3) is 3.88. The second kappa shape index (κ2) is 8.11. The lowest BCUT2D eigenvalue weighted by Gasteiger charge is -2.35. The summed E-state index contributed by atoms with van der Waals surface area (Å²) in [6.45, 7) is 6.50. The summed E-state index contributed by atoms with van der Waals surface area (Å²) in [5.41, 5.74) is 2.46. The molecule has 2 aromatic rings. The number of fused-ring (bicyclic) bond motifs is 1. The van der Waals surface area contributed by atoms with Crippen LogP contribution in [-0.4, -0.2) is 39.5 Å². The number of carbonyl (C=O) groups is 1. The molecule has 2 N–H and O–H groups in total. The van der Waals surface area contributed by atoms with Crippen molar-refractivity contribution in [3.63, 3.8) is 0 Å². The minimum Gasteiger partial charge on any atom is -0.326 e. The number of hydrogen-bond donors (Lipinski definition) is 2. The van der Waals surface area contributed by atoms with Crippen LogP contribution >= 0.6 is 0 Å². The number of anilines is 1. The van der Waals surface area contributed by atoms with E-state index in [9.17, 15) is 9.59 Å². The Balaban J connectivity index is 1.51. The summed E-state index contributed by atoms with van der Waals surface area (Å²) in [6, 6.07) is 6.58. The molecule has 0 spiro atoms. The smallest absolute Gasteiger partial charge is 0.326 e. The molecule has 0 radical (unpaired) electrons. The van der Waals surface area contributed by atoms with Gasteiger partial charge < -0.3 is 15.2 Å². The average molecular weight is 385 g/mol. The Morgan fingerprint density at radius 2 is 1.82 bits per heavy atom. The van der Waals surface area contributed by atoms with Crippen LogP contribution in [0.3, 0.4) is 0 Å². The number of H-pyrrole nitrogens is 1. The zero-order valence-corrected chi connectivity index (χ0v) is 17.0. The molecule has 4 rings (SSSR count). The van der Waals surface area contributed by atoms with Crippen molar-refractivity contribution in [1.82, 2.24) is 14.5 Å². The number of aromatic nitrogens is 2. The predicted molar refractivity (Wildman–Crippen MR) is 113 cm³/mol. The van der Waals surface area contributed by atoms with E-state index in [-0.39, 0.29) is 23.6 Å². The van der Waals surface area contributed by atoms with Gasteiger partial charge in [-0.1, -0.05) is 19.3 Å². The molecule has 1 aliphatic carbocycles. The van der Waals surface area contributed by atoms with Gasteiger partial charge >= 0.3 is 5.69 Å². The first kappa shape index (κ1) is 19.2. The first-order chi connectivity index (χ1) is 13.5. The second-order valence-corrected chi connectivity index (χ2v) is 8.72. The van der Waals surface area contributed by atoms with Gasteiger partial charge in [-0.2, -0.15) is 0 Å². The van der Waals surface area contributed by atoms with Gasteiger partial charge in [-0.3, -0.25) is 9.36 Å². The van der Waals surface area contributed by atoms with Crippen LogP contribution in [-0.2, 0) is 4.79 Å². The molecule has 1 aromatic carbocycles. The number of piperidine rings is 1. The van der Waals surface area contributed by atoms with Crippen molar-refractivity contribution in [3.05, 3.63) is 28.7 Å². The molecule has 2 fully saturated rings. The van der Waals surface area contributed by atoms with Crippen molar-refractivity contribution in [3.8, 4) is 0 Å². The Hall–Kier alpha value is -2.08. The van der Waals surface area contributed by atoms with Gasteiger partial charge in [0, 0.05) is 36.8 Å². The van der Waals surface area contributed by atoms with Crippen LogP contribution < -0.4 is 11.0 Å². The topological polar surface area (TPSA) is 70.1 Å². The highest BCUT2D eigenvalue weighted by atomic mass is 16.2. The van der Waals surface area contributed by atoms with Crippen LogP contribution in [0.15, 0.2) is 23.0 Å². The van der Waals surface area contributed by atoms with E-state index in [1.807, 2.05) is 22.8 Å². The zero-order valence-electron chi connectivity index (χ0n) is 17.0. The van der Waals surface area contributed by atoms with Crippen LogP contribution in [0.5, 0.6) is 0 Å². The Kier molecular flexibility index (Phi) is 5.58. The van der Waals surface area contributed by atoms with Gasteiger partial charge in [0.1, 0.15) is 0 Å². The third-order valence-corrected chi connectivity index (χ3v) is 6.55. The van der Waals surface area contributed by atoms with Gasteiger partial charge in [-0.15, -0.1) is 0 Å². The van der Waals surface area contributed by atoms with Crippen molar-refractivity contribution in [1.29, 1.82) is 0 Å². The van der Waals surface area contributed by atoms with E-state index in [4.69, 9.17) is 0 Å². The number of rotatable bonds is 4. The molecule has 0 unspecified atom stereocenters. The maximum atomic E-state index is 12.6. The number of likely N-dealkylation sites (tertiary alicyclic amines) is 1. The zero-order chi connectivity index (χ0) is 19.7. The summed E-state index contributed by atoms with van der Waals surface area (Å²) in [6.07, 6.45) is 7.47. The molecule has 2 aliphatic rings. The number of hydrogen-bond acceptors (Lipinski definition) is 3. The number of imidazole rings is 1. The van der Waals surface area contributed by atoms with Crippen molar-refractivity contribution in [2.45, 2.75) is 70.9 Å². The quantitative estimate of drug-likeness (QED) is 0.840. The van der Waals surface area contributed by atoms with Crippen LogP contribution in [0.2, 0.25) is 0 Å². The summed E-state index contributed by atoms with van der Waals surface area (Å²) in [4.78, 5) is 30.6. The lowest BCUT2D eigenvalue weighted by molar-refractivity contribution is -0.120. The van der Waals surface area contributed by atoms with Crippen molar-refractivity contribution >= 4 is 22.6 Å². The fourth-order valence-electron chi connectivity index (χ4n) is 4.84. The lowest BCUT2D eigenvalue weighted by atomic mass is 9.88. The van der Waals surface area contributed by atoms with Crippen LogP contribution in [0.1, 0.15) is 64.8 Å². The standard InChI is InChI=1S/C22H32N4O2/c1-15(2)25-12-10-18(11-13-25)26-20-9-8-17(14-19(20)24-22(26)28)23-21(27)16-6-4-3-5-7-16/h8-9,14-16,18H,3-7,10-13H2,1-2H3,(H,23,27)(H,24,28). The number of nitrogens with one attached hydrogen (secondary N) is 2. The number of carbonyl (C=O) groups excluding carboxylic acids is 1. The fraction of sp³-hybridized carbons (Fsp3) is 0.636. The first-order valence-corrected chi connectivity index (χ1v) is 10.8. The highest BCUT2D eigenvalue weighted by molar-refractivity contribution is 5.94. The highest BCUT2D eigenvalue weighted by Crippen LogP contribution is 2.28. The molecular weight excluding hydrogens is 352 g/mol. The number of aromatic amines is 1. The number of benzene rings is 1. The summed E-state index contributed by atoms with van der Waals surface area (Å²) >= 11 is 0. The van der Waals surface area contributed by atoms with E-state index in [2.05, 4.69) is 29.0 Å². The lowest BCUT2D eigenvalue weighted by Crippen LogP contribution is -2.40. The van der Waals surface area contributed by atoms with E-state index in [1.54, 1.807) is 0 Å². The van der Waals surface area contributed by atoms with E-state index in [1.165, 1.54) is 6.42 Å². The fourth-order valence-corrected chi connectivity index (χ4v) is 4.84. The molecule has 6 heteroatoms. The number of nitrogens with zero attached hydrogens (tertiary/aromatic N) is 2. The van der Waals surface area contributed by atoms with Crippen LogP contribution in [0.25, 0.3) is 11.0 Å². The van der Waals surface area contributed by atoms with E-state index >= 15 is 0 Å². The highest BCUT2D eigenvalue weighted by Gasteiger charge is 2.25. The monoisotopic (exact) mass is 384 g/mol. The Bertz CT molecular complexity index is 884. The largest absolute Gasteiger partial charge is 0.326 e. The molecule has 0 atom stereocenters. The summed E-state index contributed by atoms with van der Waals surface area (Å²) < 4.78 is 1.92. The van der Waals surface area contributed by atoms with Gasteiger partial charge in [0.15, 0.2) is 0 Å². The van der Waals surface area contributed by atoms with Gasteiger partial charge in [0.2, 0.25) is 5.91 Å². The van der Waals surface area contributed by atoms with Crippen LogP contribution in [0, 0.1) is 5.92 Å². The normalized spacial score (nSPS) is 20.1. The minimum atomic E-state index is -0.0475. The molecule has 1 amide bonds. The first-order valence-electron chi connectivity index (χ1n) is 10.8. The van der Waals surface area contributed by atoms with E-state index in [0.717, 1.165) is 68.3 Å². The second-order valence-electron chi connectivity index (χ2n) is 8.72. The SMILES string of the molecule is CC(C)N1CCC(n2c(=O)[nH]c3cc(NC(=O)C4CCCCC4)ccc32)CC1. The maximum absolute atomic E-state index is 12.6. The van der Waals surface area contributed by atoms with Gasteiger partial charge in [0.25, 0.3) is 0 Å². The van der Waals surface area contributed by atoms with Crippen molar-refractivity contribution < 1.29 is 4.79 Å². The van der Waals surface area contributed by atoms with Crippen LogP contribution in [0.4, 0.5) is 5.69 Å². The molecule has 152 valence electrons. The molecule has 1 aromatic heterocycles. The molecule has 1 saturated carbocycles. The Labute approximate surface area is 166 Å². The van der Waals surface area contributed by atoms with Gasteiger partial charge in [0.05, 0.1) is 11.0 Å². The van der Waals surface area contributed by atoms with Crippen molar-refractivity contribution in [2.75, 3.05) is 18.4 Å². The summed E-state index contributed by atoms with van der Waals surface area (Å²) in [7, 11) is 0. The molecule has 6 nitrogen and oxygen atoms in total. The Morgan fingerprint density at radius 1 is 1.11 bits per heavy atom. The number of amides is 1. The van der Waals surface area contributed by atoms with Crippen molar-refractivity contribution in [2.24, 2.45) is 5.92 Å². The molecule has 1 aliphatic heterocycles. The summed E-state index contributed by atoms with van der Waals surface area (Å²) in [5, 5.41) is 3.05. The average Bonchev–Trinajstić information content (AvgIpc) is 3.03. The van der Waals surface area contributed by atoms with Gasteiger partial charge in [-0.25, -0.2) is 4.79 Å². The molecular formula is C22H32N4O2. The molecule has 2 heterocycles. The third-order valence-electron chi connectivity index (χ3n) is 6.55. The molecule has 0 bridgehead atoms. The van der Waals surface area contributed by atoms with E-state index in [0.29, 0.717) is 6.04 Å². The predicted octanol–water partition coefficient (Wildman–Crippen LogP) is 3.89. The van der Waals surface area contributed by atoms with Gasteiger partial charge in [-0.05, 0) is 57.7 Å². The molecule has 28 heavy (non-hydrogen) atoms. The molecule has 1 saturated heterocycles. The Morgan fingerprint density at radius 3 is 2.50 bits per heavy atom. The minimum absolute atomic E-state index is 0.0475. The summed E-state index contributed by atoms with van der Waals surface area (Å²) in [5.74, 6) is 0.237. The van der Waals surface area contributed by atoms with E-state index < -0.39 is 0 Å². The maximum Gasteiger partial charge on any atom is 0.326 e.